The molecule has 0 aromatic carbocycles. The van der Waals surface area contributed by atoms with Crippen molar-refractivity contribution in [2.24, 2.45) is 0 Å². The third-order valence-electron chi connectivity index (χ3n) is 4.43. The van der Waals surface area contributed by atoms with Crippen LogP contribution in [0.3, 0.4) is 0 Å². The molecule has 1 aliphatic rings. The van der Waals surface area contributed by atoms with Crippen molar-refractivity contribution in [1.82, 2.24) is 24.8 Å². The first-order valence-electron chi connectivity index (χ1n) is 8.92. The number of aliphatic hydroxyl groups excluding tert-OH is 1. The molecule has 144 valence electrons. The van der Waals surface area contributed by atoms with E-state index in [0.717, 1.165) is 5.82 Å². The highest BCUT2D eigenvalue weighted by Crippen LogP contribution is 2.23. The third-order valence-corrected chi connectivity index (χ3v) is 5.29. The van der Waals surface area contributed by atoms with Gasteiger partial charge in [-0.25, -0.2) is 19.9 Å². The largest absolute Gasteiger partial charge is 0.385 e. The maximum atomic E-state index is 12.8. The van der Waals surface area contributed by atoms with Crippen LogP contribution in [-0.2, 0) is 4.79 Å². The fourth-order valence-corrected chi connectivity index (χ4v) is 3.98. The molecule has 1 N–H and O–H groups in total. The van der Waals surface area contributed by atoms with Crippen molar-refractivity contribution < 1.29 is 9.90 Å². The van der Waals surface area contributed by atoms with Gasteiger partial charge in [0.15, 0.2) is 11.0 Å². The smallest absolute Gasteiger partial charge is 0.233 e. The number of anilines is 1. The summed E-state index contributed by atoms with van der Waals surface area (Å²) < 4.78 is 0. The Kier molecular flexibility index (Phi) is 6.22. The summed E-state index contributed by atoms with van der Waals surface area (Å²) in [5.41, 5.74) is 0. The summed E-state index contributed by atoms with van der Waals surface area (Å²) in [4.78, 5) is 33.7. The second-order valence-corrected chi connectivity index (χ2v) is 7.62. The Balaban J connectivity index is 1.64. The van der Waals surface area contributed by atoms with Crippen LogP contribution in [0.5, 0.6) is 0 Å². The average Bonchev–Trinajstić information content (AvgIpc) is 2.66. The first-order valence-corrected chi connectivity index (χ1v) is 9.91. The number of carbonyl (C=O) groups is 1. The molecule has 1 amide bonds. The van der Waals surface area contributed by atoms with Gasteiger partial charge in [0.2, 0.25) is 5.91 Å². The Bertz CT molecular complexity index is 763. The fourth-order valence-electron chi connectivity index (χ4n) is 3.30. The van der Waals surface area contributed by atoms with Crippen LogP contribution in [0.1, 0.15) is 32.7 Å². The number of aliphatic hydroxyl groups is 1. The molecule has 9 heteroatoms. The van der Waals surface area contributed by atoms with Gasteiger partial charge in [0, 0.05) is 43.8 Å². The lowest BCUT2D eigenvalue weighted by Gasteiger charge is -2.45. The molecule has 1 fully saturated rings. The van der Waals surface area contributed by atoms with E-state index in [-0.39, 0.29) is 18.0 Å². The number of rotatable bonds is 5. The van der Waals surface area contributed by atoms with Crippen molar-refractivity contribution in [2.75, 3.05) is 23.7 Å². The van der Waals surface area contributed by atoms with Gasteiger partial charge in [-0.2, -0.15) is 0 Å². The molecule has 3 rings (SSSR count). The van der Waals surface area contributed by atoms with Crippen LogP contribution in [0, 0.1) is 0 Å². The average molecular weight is 388 g/mol. The van der Waals surface area contributed by atoms with Crippen molar-refractivity contribution in [3.63, 3.8) is 0 Å². The second-order valence-electron chi connectivity index (χ2n) is 6.67. The summed E-state index contributed by atoms with van der Waals surface area (Å²) in [6, 6.07) is 3.68. The molecule has 0 aliphatic carbocycles. The standard InChI is InChI=1S/C18H24N6O2S/c1-12-9-23(15-5-8-19-17(22-15)14(3)25)10-13(2)24(12)16(26)11-27-18-20-6-4-7-21-18/h4-8,12-14,25H,9-11H2,1-3H3/t12-,13+,14-/m1/s1. The predicted octanol–water partition coefficient (Wildman–Crippen LogP) is 1.54. The van der Waals surface area contributed by atoms with Crippen LogP contribution in [0.25, 0.3) is 0 Å². The second kappa shape index (κ2) is 8.62. The molecular formula is C18H24N6O2S. The molecule has 2 aromatic heterocycles. The number of piperazine rings is 1. The van der Waals surface area contributed by atoms with E-state index in [4.69, 9.17) is 0 Å². The molecule has 1 aliphatic heterocycles. The Morgan fingerprint density at radius 2 is 1.89 bits per heavy atom. The highest BCUT2D eigenvalue weighted by atomic mass is 32.2. The minimum Gasteiger partial charge on any atom is -0.385 e. The molecule has 8 nitrogen and oxygen atoms in total. The molecule has 3 heterocycles. The summed E-state index contributed by atoms with van der Waals surface area (Å²) >= 11 is 1.35. The summed E-state index contributed by atoms with van der Waals surface area (Å²) in [5, 5.41) is 10.3. The predicted molar refractivity (Wildman–Crippen MR) is 103 cm³/mol. The number of amides is 1. The molecule has 0 radical (unpaired) electrons. The van der Waals surface area contributed by atoms with Gasteiger partial charge in [-0.05, 0) is 32.9 Å². The highest BCUT2D eigenvalue weighted by molar-refractivity contribution is 7.99. The van der Waals surface area contributed by atoms with Crippen molar-refractivity contribution in [1.29, 1.82) is 0 Å². The third kappa shape index (κ3) is 4.72. The van der Waals surface area contributed by atoms with Gasteiger partial charge in [-0.1, -0.05) is 11.8 Å². The summed E-state index contributed by atoms with van der Waals surface area (Å²) in [7, 11) is 0. The monoisotopic (exact) mass is 388 g/mol. The van der Waals surface area contributed by atoms with E-state index in [1.807, 2.05) is 24.8 Å². The highest BCUT2D eigenvalue weighted by Gasteiger charge is 2.33. The SMILES string of the molecule is C[C@@H]1CN(c2ccnc([C@@H](C)O)n2)C[C@H](C)N1C(=O)CSc1ncccn1. The number of carbonyl (C=O) groups excluding carboxylic acids is 1. The fraction of sp³-hybridized carbons (Fsp3) is 0.500. The zero-order chi connectivity index (χ0) is 19.4. The normalized spacial score (nSPS) is 21.2. The van der Waals surface area contributed by atoms with Gasteiger partial charge >= 0.3 is 0 Å². The topological polar surface area (TPSA) is 95.3 Å². The number of hydrogen-bond donors (Lipinski definition) is 1. The maximum Gasteiger partial charge on any atom is 0.233 e. The van der Waals surface area contributed by atoms with E-state index >= 15 is 0 Å². The van der Waals surface area contributed by atoms with Crippen LogP contribution >= 0.6 is 11.8 Å². The van der Waals surface area contributed by atoms with Crippen LogP contribution in [-0.4, -0.2) is 66.8 Å². The lowest BCUT2D eigenvalue weighted by atomic mass is 10.1. The van der Waals surface area contributed by atoms with Gasteiger partial charge in [-0.3, -0.25) is 4.79 Å². The van der Waals surface area contributed by atoms with Gasteiger partial charge in [0.1, 0.15) is 11.9 Å². The molecule has 27 heavy (non-hydrogen) atoms. The minimum atomic E-state index is -0.708. The zero-order valence-corrected chi connectivity index (χ0v) is 16.5. The van der Waals surface area contributed by atoms with Crippen molar-refractivity contribution >= 4 is 23.5 Å². The van der Waals surface area contributed by atoms with Crippen LogP contribution in [0.2, 0.25) is 0 Å². The van der Waals surface area contributed by atoms with E-state index in [9.17, 15) is 9.90 Å². The lowest BCUT2D eigenvalue weighted by Crippen LogP contribution is -2.59. The van der Waals surface area contributed by atoms with Gasteiger partial charge in [-0.15, -0.1) is 0 Å². The maximum absolute atomic E-state index is 12.8. The number of thioether (sulfide) groups is 1. The summed E-state index contributed by atoms with van der Waals surface area (Å²) in [5.74, 6) is 1.59. The molecule has 1 saturated heterocycles. The van der Waals surface area contributed by atoms with Crippen molar-refractivity contribution in [2.45, 2.75) is 44.1 Å². The van der Waals surface area contributed by atoms with E-state index in [2.05, 4.69) is 24.8 Å². The molecule has 0 unspecified atom stereocenters. The Hall–Kier alpha value is -2.26. The molecule has 2 aromatic rings. The zero-order valence-electron chi connectivity index (χ0n) is 15.7. The first kappa shape index (κ1) is 19.5. The van der Waals surface area contributed by atoms with Gasteiger partial charge in [0.05, 0.1) is 5.75 Å². The molecular weight excluding hydrogens is 364 g/mol. The number of aromatic nitrogens is 4. The van der Waals surface area contributed by atoms with Crippen LogP contribution in [0.15, 0.2) is 35.9 Å². The Labute approximate surface area is 163 Å². The summed E-state index contributed by atoms with van der Waals surface area (Å²) in [6.07, 6.45) is 4.30. The van der Waals surface area contributed by atoms with E-state index < -0.39 is 6.10 Å². The first-order chi connectivity index (χ1) is 13.0. The number of nitrogens with zero attached hydrogens (tertiary/aromatic N) is 6. The van der Waals surface area contributed by atoms with Gasteiger partial charge in [0.25, 0.3) is 0 Å². The minimum absolute atomic E-state index is 0.0449. The van der Waals surface area contributed by atoms with Crippen LogP contribution in [0.4, 0.5) is 5.82 Å². The lowest BCUT2D eigenvalue weighted by molar-refractivity contribution is -0.133. The van der Waals surface area contributed by atoms with Gasteiger partial charge < -0.3 is 14.9 Å². The molecule has 0 spiro atoms. The van der Waals surface area contributed by atoms with E-state index in [1.54, 1.807) is 31.6 Å². The van der Waals surface area contributed by atoms with E-state index in [1.165, 1.54) is 11.8 Å². The number of hydrogen-bond acceptors (Lipinski definition) is 8. The molecule has 3 atom stereocenters. The molecule has 0 bridgehead atoms. The van der Waals surface area contributed by atoms with Crippen molar-refractivity contribution in [3.8, 4) is 0 Å². The Morgan fingerprint density at radius 1 is 1.22 bits per heavy atom. The van der Waals surface area contributed by atoms with Crippen LogP contribution < -0.4 is 4.90 Å². The van der Waals surface area contributed by atoms with E-state index in [0.29, 0.717) is 29.8 Å². The quantitative estimate of drug-likeness (QED) is 0.609. The van der Waals surface area contributed by atoms with Crippen molar-refractivity contribution in [3.05, 3.63) is 36.5 Å². The Morgan fingerprint density at radius 3 is 2.52 bits per heavy atom. The molecule has 0 saturated carbocycles. The summed E-state index contributed by atoms with van der Waals surface area (Å²) in [6.45, 7) is 7.09.